The molecule has 2 aromatic carbocycles. The number of nitrogens with one attached hydrogen (secondary N) is 1. The highest BCUT2D eigenvalue weighted by molar-refractivity contribution is 6.02. The SMILES string of the molecule is CCC(O)Nc1cc(C)c2nc3ccccc3cc2c1[N+](=O)[O-]. The first-order chi connectivity index (χ1) is 11.0. The number of aliphatic hydroxyl groups excluding tert-OH is 1. The van der Waals surface area contributed by atoms with E-state index in [1.807, 2.05) is 31.2 Å². The van der Waals surface area contributed by atoms with Crippen LogP contribution in [0.25, 0.3) is 21.8 Å². The number of nitro groups is 1. The van der Waals surface area contributed by atoms with Crippen LogP contribution in [0.3, 0.4) is 0 Å². The standard InChI is InChI=1S/C17H17N3O3/c1-3-15(21)18-14-8-10(2)16-12(17(14)20(22)23)9-11-6-4-5-7-13(11)19-16/h4-9,15,18,21H,3H2,1-2H3. The summed E-state index contributed by atoms with van der Waals surface area (Å²) in [5.74, 6) is 0. The van der Waals surface area contributed by atoms with E-state index < -0.39 is 11.2 Å². The van der Waals surface area contributed by atoms with Crippen LogP contribution in [0.2, 0.25) is 0 Å². The second-order valence-corrected chi connectivity index (χ2v) is 5.49. The Balaban J connectivity index is 2.35. The van der Waals surface area contributed by atoms with Gasteiger partial charge < -0.3 is 10.4 Å². The maximum absolute atomic E-state index is 11.6. The molecule has 2 N–H and O–H groups in total. The Bertz CT molecular complexity index is 908. The maximum Gasteiger partial charge on any atom is 0.301 e. The third-order valence-electron chi connectivity index (χ3n) is 3.86. The van der Waals surface area contributed by atoms with Gasteiger partial charge in [0, 0.05) is 5.39 Å². The molecule has 6 nitrogen and oxygen atoms in total. The fraction of sp³-hybridized carbons (Fsp3) is 0.235. The van der Waals surface area contributed by atoms with Gasteiger partial charge in [-0.2, -0.15) is 0 Å². The summed E-state index contributed by atoms with van der Waals surface area (Å²) in [6.45, 7) is 3.66. The summed E-state index contributed by atoms with van der Waals surface area (Å²) in [6, 6.07) is 11.0. The highest BCUT2D eigenvalue weighted by atomic mass is 16.6. The lowest BCUT2D eigenvalue weighted by molar-refractivity contribution is -0.382. The van der Waals surface area contributed by atoms with Crippen LogP contribution in [0.15, 0.2) is 36.4 Å². The zero-order valence-corrected chi connectivity index (χ0v) is 12.9. The highest BCUT2D eigenvalue weighted by Crippen LogP contribution is 2.36. The van der Waals surface area contributed by atoms with Gasteiger partial charge in [-0.15, -0.1) is 0 Å². The third-order valence-corrected chi connectivity index (χ3v) is 3.86. The van der Waals surface area contributed by atoms with Crippen LogP contribution in [0, 0.1) is 17.0 Å². The van der Waals surface area contributed by atoms with Crippen molar-refractivity contribution in [3.8, 4) is 0 Å². The van der Waals surface area contributed by atoms with Crippen molar-refractivity contribution in [1.82, 2.24) is 4.98 Å². The first kappa shape index (κ1) is 15.2. The number of para-hydroxylation sites is 1. The average molecular weight is 311 g/mol. The molecular weight excluding hydrogens is 294 g/mol. The minimum absolute atomic E-state index is 0.0589. The first-order valence-electron chi connectivity index (χ1n) is 7.43. The fourth-order valence-electron chi connectivity index (χ4n) is 2.68. The summed E-state index contributed by atoms with van der Waals surface area (Å²) >= 11 is 0. The van der Waals surface area contributed by atoms with Crippen molar-refractivity contribution >= 4 is 33.2 Å². The Morgan fingerprint density at radius 2 is 2.09 bits per heavy atom. The minimum Gasteiger partial charge on any atom is -0.374 e. The molecule has 3 aromatic rings. The van der Waals surface area contributed by atoms with Gasteiger partial charge in [0.15, 0.2) is 0 Å². The molecule has 1 unspecified atom stereocenters. The molecule has 1 heterocycles. The van der Waals surface area contributed by atoms with Crippen LogP contribution >= 0.6 is 0 Å². The van der Waals surface area contributed by atoms with Gasteiger partial charge in [-0.05, 0) is 37.1 Å². The maximum atomic E-state index is 11.6. The predicted molar refractivity (Wildman–Crippen MR) is 90.6 cm³/mol. The van der Waals surface area contributed by atoms with E-state index in [-0.39, 0.29) is 5.69 Å². The lowest BCUT2D eigenvalue weighted by Crippen LogP contribution is -2.18. The van der Waals surface area contributed by atoms with Crippen molar-refractivity contribution in [2.45, 2.75) is 26.5 Å². The average Bonchev–Trinajstić information content (AvgIpc) is 2.53. The molecule has 0 saturated carbocycles. The Labute approximate surface area is 132 Å². The molecule has 0 bridgehead atoms. The van der Waals surface area contributed by atoms with Crippen molar-refractivity contribution in [1.29, 1.82) is 0 Å². The number of pyridine rings is 1. The molecule has 0 fully saturated rings. The number of aliphatic hydroxyl groups is 1. The van der Waals surface area contributed by atoms with E-state index in [9.17, 15) is 15.2 Å². The lowest BCUT2D eigenvalue weighted by atomic mass is 10.0. The monoisotopic (exact) mass is 311 g/mol. The van der Waals surface area contributed by atoms with E-state index in [4.69, 9.17) is 0 Å². The van der Waals surface area contributed by atoms with Gasteiger partial charge >= 0.3 is 5.69 Å². The van der Waals surface area contributed by atoms with E-state index in [1.54, 1.807) is 19.1 Å². The van der Waals surface area contributed by atoms with Gasteiger partial charge in [0.05, 0.1) is 21.3 Å². The fourth-order valence-corrected chi connectivity index (χ4v) is 2.68. The van der Waals surface area contributed by atoms with E-state index >= 15 is 0 Å². The molecule has 1 atom stereocenters. The van der Waals surface area contributed by atoms with Crippen molar-refractivity contribution in [3.63, 3.8) is 0 Å². The summed E-state index contributed by atoms with van der Waals surface area (Å²) in [4.78, 5) is 15.7. The van der Waals surface area contributed by atoms with E-state index in [0.717, 1.165) is 16.5 Å². The van der Waals surface area contributed by atoms with Crippen molar-refractivity contribution in [2.24, 2.45) is 0 Å². The van der Waals surface area contributed by atoms with Crippen LogP contribution < -0.4 is 5.32 Å². The first-order valence-corrected chi connectivity index (χ1v) is 7.43. The van der Waals surface area contributed by atoms with Crippen LogP contribution in [-0.4, -0.2) is 21.2 Å². The summed E-state index contributed by atoms with van der Waals surface area (Å²) in [5.41, 5.74) is 2.48. The molecule has 0 aliphatic heterocycles. The van der Waals surface area contributed by atoms with Crippen LogP contribution in [-0.2, 0) is 0 Å². The van der Waals surface area contributed by atoms with Gasteiger partial charge in [-0.3, -0.25) is 10.1 Å². The summed E-state index contributed by atoms with van der Waals surface area (Å²) < 4.78 is 0. The molecular formula is C17H17N3O3. The van der Waals surface area contributed by atoms with Crippen molar-refractivity contribution < 1.29 is 10.0 Å². The minimum atomic E-state index is -0.834. The molecule has 1 aromatic heterocycles. The summed E-state index contributed by atoms with van der Waals surface area (Å²) in [6.07, 6.45) is -0.386. The number of anilines is 1. The number of hydrogen-bond donors (Lipinski definition) is 2. The van der Waals surface area contributed by atoms with E-state index in [1.165, 1.54) is 0 Å². The number of benzene rings is 2. The number of hydrogen-bond acceptors (Lipinski definition) is 5. The topological polar surface area (TPSA) is 88.3 Å². The van der Waals surface area contributed by atoms with Gasteiger partial charge in [0.2, 0.25) is 0 Å². The Hall–Kier alpha value is -2.73. The zero-order valence-electron chi connectivity index (χ0n) is 12.9. The van der Waals surface area contributed by atoms with E-state index in [2.05, 4.69) is 10.3 Å². The Kier molecular flexibility index (Phi) is 3.83. The molecule has 0 aliphatic carbocycles. The molecule has 118 valence electrons. The van der Waals surface area contributed by atoms with Gasteiger partial charge in [0.1, 0.15) is 11.9 Å². The quantitative estimate of drug-likeness (QED) is 0.331. The van der Waals surface area contributed by atoms with Crippen LogP contribution in [0.5, 0.6) is 0 Å². The number of aryl methyl sites for hydroxylation is 1. The predicted octanol–water partition coefficient (Wildman–Crippen LogP) is 3.74. The number of aromatic nitrogens is 1. The normalized spacial score (nSPS) is 12.5. The van der Waals surface area contributed by atoms with Gasteiger partial charge in [0.25, 0.3) is 0 Å². The number of nitrogens with zero attached hydrogens (tertiary/aromatic N) is 2. The molecule has 23 heavy (non-hydrogen) atoms. The number of fused-ring (bicyclic) bond motifs is 2. The third kappa shape index (κ3) is 2.68. The highest BCUT2D eigenvalue weighted by Gasteiger charge is 2.22. The van der Waals surface area contributed by atoms with Crippen LogP contribution in [0.4, 0.5) is 11.4 Å². The smallest absolute Gasteiger partial charge is 0.301 e. The molecule has 0 saturated heterocycles. The number of rotatable bonds is 4. The molecule has 0 radical (unpaired) electrons. The summed E-state index contributed by atoms with van der Waals surface area (Å²) in [7, 11) is 0. The van der Waals surface area contributed by atoms with E-state index in [0.29, 0.717) is 23.0 Å². The summed E-state index contributed by atoms with van der Waals surface area (Å²) in [5, 5.41) is 25.5. The largest absolute Gasteiger partial charge is 0.374 e. The Morgan fingerprint density at radius 1 is 1.35 bits per heavy atom. The van der Waals surface area contributed by atoms with Crippen molar-refractivity contribution in [3.05, 3.63) is 52.1 Å². The lowest BCUT2D eigenvalue weighted by Gasteiger charge is -2.15. The Morgan fingerprint density at radius 3 is 2.78 bits per heavy atom. The van der Waals surface area contributed by atoms with Crippen LogP contribution in [0.1, 0.15) is 18.9 Å². The molecule has 0 spiro atoms. The van der Waals surface area contributed by atoms with Gasteiger partial charge in [-0.1, -0.05) is 25.1 Å². The second-order valence-electron chi connectivity index (χ2n) is 5.49. The van der Waals surface area contributed by atoms with Crippen molar-refractivity contribution in [2.75, 3.05) is 5.32 Å². The number of nitro benzene ring substituents is 1. The molecule has 0 amide bonds. The second kappa shape index (κ2) is 5.81. The molecule has 0 aliphatic rings. The van der Waals surface area contributed by atoms with Gasteiger partial charge in [-0.25, -0.2) is 4.98 Å². The molecule has 3 rings (SSSR count). The molecule has 6 heteroatoms. The zero-order chi connectivity index (χ0) is 16.6.